The zero-order valence-electron chi connectivity index (χ0n) is 11.7. The molecule has 0 fully saturated rings. The lowest BCUT2D eigenvalue weighted by atomic mass is 10.1. The summed E-state index contributed by atoms with van der Waals surface area (Å²) in [5.41, 5.74) is 2.13. The normalized spacial score (nSPS) is 13.5. The number of nitrogens with one attached hydrogen (secondary N) is 1. The number of amides is 2. The van der Waals surface area contributed by atoms with E-state index in [1.807, 2.05) is 38.1 Å². The van der Waals surface area contributed by atoms with Gasteiger partial charge in [0.05, 0.1) is 6.04 Å². The summed E-state index contributed by atoms with van der Waals surface area (Å²) in [6, 6.07) is 6.41. The first-order valence-corrected chi connectivity index (χ1v) is 6.15. The molecule has 1 aromatic carbocycles. The van der Waals surface area contributed by atoms with E-state index in [9.17, 15) is 9.59 Å². The van der Waals surface area contributed by atoms with Crippen LogP contribution in [0.15, 0.2) is 24.3 Å². The van der Waals surface area contributed by atoms with E-state index in [4.69, 9.17) is 5.11 Å². The number of carbonyl (C=O) groups is 2. The van der Waals surface area contributed by atoms with Crippen LogP contribution in [0.1, 0.15) is 31.0 Å². The van der Waals surface area contributed by atoms with E-state index in [2.05, 4.69) is 5.32 Å². The number of aryl methyl sites for hydroxylation is 1. The lowest BCUT2D eigenvalue weighted by Crippen LogP contribution is -2.46. The zero-order chi connectivity index (χ0) is 14.6. The molecule has 2 amide bonds. The van der Waals surface area contributed by atoms with Crippen molar-refractivity contribution < 1.29 is 14.7 Å². The molecule has 0 bridgehead atoms. The molecular formula is C14H20N2O3. The van der Waals surface area contributed by atoms with Crippen LogP contribution in [0.25, 0.3) is 0 Å². The molecule has 0 saturated heterocycles. The summed E-state index contributed by atoms with van der Waals surface area (Å²) in [5, 5.41) is 11.6. The fourth-order valence-corrected chi connectivity index (χ4v) is 1.57. The second-order valence-electron chi connectivity index (χ2n) is 4.71. The van der Waals surface area contributed by atoms with E-state index in [0.717, 1.165) is 11.1 Å². The number of benzene rings is 1. The van der Waals surface area contributed by atoms with Gasteiger partial charge in [0.15, 0.2) is 0 Å². The van der Waals surface area contributed by atoms with Crippen molar-refractivity contribution >= 4 is 12.0 Å². The Morgan fingerprint density at radius 2 is 1.74 bits per heavy atom. The number of likely N-dealkylation sites (N-methyl/N-ethyl adjacent to an activating group) is 1. The highest BCUT2D eigenvalue weighted by molar-refractivity contribution is 5.82. The van der Waals surface area contributed by atoms with Gasteiger partial charge in [-0.3, -0.25) is 0 Å². The van der Waals surface area contributed by atoms with E-state index in [1.54, 1.807) is 0 Å². The summed E-state index contributed by atoms with van der Waals surface area (Å²) < 4.78 is 0. The van der Waals surface area contributed by atoms with Gasteiger partial charge in [-0.2, -0.15) is 0 Å². The van der Waals surface area contributed by atoms with Crippen LogP contribution >= 0.6 is 0 Å². The first kappa shape index (κ1) is 15.0. The molecule has 0 heterocycles. The van der Waals surface area contributed by atoms with E-state index >= 15 is 0 Å². The maximum atomic E-state index is 11.9. The number of carboxylic acid groups (broad SMARTS) is 1. The lowest BCUT2D eigenvalue weighted by Gasteiger charge is -2.24. The van der Waals surface area contributed by atoms with Crippen LogP contribution in [-0.4, -0.2) is 35.1 Å². The molecule has 0 spiro atoms. The maximum Gasteiger partial charge on any atom is 0.326 e. The molecule has 0 aromatic heterocycles. The van der Waals surface area contributed by atoms with Gasteiger partial charge in [0, 0.05) is 7.05 Å². The highest BCUT2D eigenvalue weighted by Crippen LogP contribution is 2.13. The van der Waals surface area contributed by atoms with Crippen molar-refractivity contribution in [3.05, 3.63) is 35.4 Å². The van der Waals surface area contributed by atoms with E-state index < -0.39 is 18.0 Å². The summed E-state index contributed by atoms with van der Waals surface area (Å²) in [4.78, 5) is 23.9. The topological polar surface area (TPSA) is 69.6 Å². The number of rotatable bonds is 4. The number of carbonyl (C=O) groups excluding carboxylic acids is 1. The number of carboxylic acids is 1. The number of aliphatic carboxylic acids is 1. The van der Waals surface area contributed by atoms with E-state index in [1.165, 1.54) is 18.9 Å². The maximum absolute atomic E-state index is 11.9. The van der Waals surface area contributed by atoms with Gasteiger partial charge in [0.25, 0.3) is 0 Å². The Bertz CT molecular complexity index is 456. The quantitative estimate of drug-likeness (QED) is 0.875. The van der Waals surface area contributed by atoms with Crippen LogP contribution < -0.4 is 5.32 Å². The van der Waals surface area contributed by atoms with Crippen molar-refractivity contribution in [1.82, 2.24) is 10.2 Å². The minimum absolute atomic E-state index is 0.170. The second kappa shape index (κ2) is 6.22. The van der Waals surface area contributed by atoms with Crippen LogP contribution in [0, 0.1) is 6.92 Å². The van der Waals surface area contributed by atoms with Crippen molar-refractivity contribution in [2.45, 2.75) is 32.9 Å². The molecule has 0 radical (unpaired) electrons. The second-order valence-corrected chi connectivity index (χ2v) is 4.71. The predicted octanol–water partition coefficient (Wildman–Crippen LogP) is 2.17. The van der Waals surface area contributed by atoms with Gasteiger partial charge in [-0.15, -0.1) is 0 Å². The summed E-state index contributed by atoms with van der Waals surface area (Å²) in [6.45, 7) is 5.33. The average Bonchev–Trinajstić information content (AvgIpc) is 2.37. The third-order valence-corrected chi connectivity index (χ3v) is 3.18. The van der Waals surface area contributed by atoms with Gasteiger partial charge in [-0.25, -0.2) is 9.59 Å². The largest absolute Gasteiger partial charge is 0.480 e. The molecule has 0 aliphatic heterocycles. The first-order valence-electron chi connectivity index (χ1n) is 6.15. The third-order valence-electron chi connectivity index (χ3n) is 3.18. The molecular weight excluding hydrogens is 244 g/mol. The molecule has 0 aliphatic carbocycles. The third kappa shape index (κ3) is 3.98. The summed E-state index contributed by atoms with van der Waals surface area (Å²) >= 11 is 0. The molecule has 104 valence electrons. The number of nitrogens with zero attached hydrogens (tertiary/aromatic N) is 1. The Labute approximate surface area is 113 Å². The van der Waals surface area contributed by atoms with Crippen molar-refractivity contribution in [2.75, 3.05) is 7.05 Å². The van der Waals surface area contributed by atoms with Crippen molar-refractivity contribution in [2.24, 2.45) is 0 Å². The van der Waals surface area contributed by atoms with Gasteiger partial charge in [-0.1, -0.05) is 29.8 Å². The average molecular weight is 264 g/mol. The van der Waals surface area contributed by atoms with E-state index in [0.29, 0.717) is 0 Å². The van der Waals surface area contributed by atoms with E-state index in [-0.39, 0.29) is 6.04 Å². The molecule has 0 saturated carbocycles. The Balaban J connectivity index is 2.66. The van der Waals surface area contributed by atoms with Crippen LogP contribution in [0.4, 0.5) is 4.79 Å². The number of hydrogen-bond acceptors (Lipinski definition) is 2. The Kier molecular flexibility index (Phi) is 4.92. The van der Waals surface area contributed by atoms with Gasteiger partial charge < -0.3 is 15.3 Å². The number of urea groups is 1. The fraction of sp³-hybridized carbons (Fsp3) is 0.429. The fourth-order valence-electron chi connectivity index (χ4n) is 1.57. The minimum Gasteiger partial charge on any atom is -0.480 e. The molecule has 5 heteroatoms. The molecule has 0 aliphatic rings. The van der Waals surface area contributed by atoms with Gasteiger partial charge in [-0.05, 0) is 26.3 Å². The van der Waals surface area contributed by atoms with Crippen molar-refractivity contribution in [3.63, 3.8) is 0 Å². The van der Waals surface area contributed by atoms with Gasteiger partial charge in [0.1, 0.15) is 6.04 Å². The minimum atomic E-state index is -1.03. The Morgan fingerprint density at radius 3 is 2.21 bits per heavy atom. The summed E-state index contributed by atoms with van der Waals surface area (Å²) in [5.74, 6) is -1.03. The van der Waals surface area contributed by atoms with Crippen molar-refractivity contribution in [3.8, 4) is 0 Å². The molecule has 1 rings (SSSR count). The molecule has 2 N–H and O–H groups in total. The zero-order valence-corrected chi connectivity index (χ0v) is 11.7. The molecule has 1 aromatic rings. The van der Waals surface area contributed by atoms with Crippen LogP contribution in [0.3, 0.4) is 0 Å². The standard InChI is InChI=1S/C14H20N2O3/c1-9-5-7-12(8-6-9)10(2)15-14(19)16(4)11(3)13(17)18/h5-8,10-11H,1-4H3,(H,15,19)(H,17,18). The van der Waals surface area contributed by atoms with Crippen LogP contribution in [-0.2, 0) is 4.79 Å². The monoisotopic (exact) mass is 264 g/mol. The predicted molar refractivity (Wildman–Crippen MR) is 73.0 cm³/mol. The van der Waals surface area contributed by atoms with Crippen LogP contribution in [0.5, 0.6) is 0 Å². The lowest BCUT2D eigenvalue weighted by molar-refractivity contribution is -0.141. The molecule has 2 unspecified atom stereocenters. The summed E-state index contributed by atoms with van der Waals surface area (Å²) in [7, 11) is 1.47. The van der Waals surface area contributed by atoms with Crippen molar-refractivity contribution in [1.29, 1.82) is 0 Å². The SMILES string of the molecule is Cc1ccc(C(C)NC(=O)N(C)C(C)C(=O)O)cc1. The first-order chi connectivity index (χ1) is 8.82. The van der Waals surface area contributed by atoms with Gasteiger partial charge >= 0.3 is 12.0 Å². The molecule has 2 atom stereocenters. The molecule has 5 nitrogen and oxygen atoms in total. The highest BCUT2D eigenvalue weighted by atomic mass is 16.4. The Hall–Kier alpha value is -2.04. The molecule has 19 heavy (non-hydrogen) atoms. The number of hydrogen-bond donors (Lipinski definition) is 2. The van der Waals surface area contributed by atoms with Crippen LogP contribution in [0.2, 0.25) is 0 Å². The summed E-state index contributed by atoms with van der Waals surface area (Å²) in [6.07, 6.45) is 0. The van der Waals surface area contributed by atoms with Gasteiger partial charge in [0.2, 0.25) is 0 Å². The Morgan fingerprint density at radius 1 is 1.21 bits per heavy atom. The highest BCUT2D eigenvalue weighted by Gasteiger charge is 2.22. The smallest absolute Gasteiger partial charge is 0.326 e.